The molecular formula is C8H15N3O2. The van der Waals surface area contributed by atoms with Gasteiger partial charge in [0.25, 0.3) is 0 Å². The molecular weight excluding hydrogens is 170 g/mol. The first-order valence-electron chi connectivity index (χ1n) is 4.30. The SMILES string of the molecule is CC(O)CCN(C)Cc1ncon1. The van der Waals surface area contributed by atoms with Gasteiger partial charge in [-0.3, -0.25) is 4.90 Å². The molecule has 0 aliphatic heterocycles. The average molecular weight is 185 g/mol. The number of aliphatic hydroxyl groups excluding tert-OH is 1. The van der Waals surface area contributed by atoms with E-state index in [0.717, 1.165) is 13.0 Å². The van der Waals surface area contributed by atoms with E-state index < -0.39 is 0 Å². The summed E-state index contributed by atoms with van der Waals surface area (Å²) in [5, 5.41) is 12.7. The van der Waals surface area contributed by atoms with Gasteiger partial charge in [0, 0.05) is 6.54 Å². The highest BCUT2D eigenvalue weighted by Gasteiger charge is 2.05. The minimum atomic E-state index is -0.257. The summed E-state index contributed by atoms with van der Waals surface area (Å²) in [6.45, 7) is 3.26. The fourth-order valence-electron chi connectivity index (χ4n) is 0.990. The molecule has 5 nitrogen and oxygen atoms in total. The van der Waals surface area contributed by atoms with Crippen LogP contribution in [0.4, 0.5) is 0 Å². The van der Waals surface area contributed by atoms with E-state index in [1.165, 1.54) is 6.39 Å². The predicted octanol–water partition coefficient (Wildman–Crippen LogP) is 0.272. The topological polar surface area (TPSA) is 62.4 Å². The first-order chi connectivity index (χ1) is 6.18. The quantitative estimate of drug-likeness (QED) is 0.713. The van der Waals surface area contributed by atoms with Gasteiger partial charge in [0.2, 0.25) is 6.39 Å². The van der Waals surface area contributed by atoms with Crippen LogP contribution in [-0.2, 0) is 6.54 Å². The van der Waals surface area contributed by atoms with Crippen molar-refractivity contribution in [3.63, 3.8) is 0 Å². The van der Waals surface area contributed by atoms with Crippen molar-refractivity contribution in [1.82, 2.24) is 15.0 Å². The molecule has 0 bridgehead atoms. The van der Waals surface area contributed by atoms with Crippen LogP contribution in [0.1, 0.15) is 19.2 Å². The fourth-order valence-corrected chi connectivity index (χ4v) is 0.990. The number of nitrogens with zero attached hydrogens (tertiary/aromatic N) is 3. The zero-order valence-corrected chi connectivity index (χ0v) is 7.97. The zero-order chi connectivity index (χ0) is 9.68. The van der Waals surface area contributed by atoms with Gasteiger partial charge >= 0.3 is 0 Å². The van der Waals surface area contributed by atoms with Crippen molar-refractivity contribution >= 4 is 0 Å². The lowest BCUT2D eigenvalue weighted by atomic mass is 10.3. The van der Waals surface area contributed by atoms with Crippen LogP contribution in [0.15, 0.2) is 10.9 Å². The van der Waals surface area contributed by atoms with E-state index in [0.29, 0.717) is 12.4 Å². The summed E-state index contributed by atoms with van der Waals surface area (Å²) in [6.07, 6.45) is 1.82. The van der Waals surface area contributed by atoms with E-state index in [4.69, 9.17) is 5.11 Å². The highest BCUT2D eigenvalue weighted by molar-refractivity contribution is 4.76. The minimum Gasteiger partial charge on any atom is -0.393 e. The fraction of sp³-hybridized carbons (Fsp3) is 0.750. The molecule has 1 atom stereocenters. The van der Waals surface area contributed by atoms with Gasteiger partial charge in [-0.1, -0.05) is 5.16 Å². The molecule has 0 aromatic carbocycles. The first kappa shape index (κ1) is 10.1. The van der Waals surface area contributed by atoms with Crippen molar-refractivity contribution in [2.75, 3.05) is 13.6 Å². The van der Waals surface area contributed by atoms with Crippen LogP contribution in [0, 0.1) is 0 Å². The number of hydrogen-bond donors (Lipinski definition) is 1. The van der Waals surface area contributed by atoms with Crippen LogP contribution < -0.4 is 0 Å². The Labute approximate surface area is 77.4 Å². The van der Waals surface area contributed by atoms with E-state index in [1.54, 1.807) is 6.92 Å². The number of aromatic nitrogens is 2. The molecule has 0 aliphatic carbocycles. The Bertz CT molecular complexity index is 223. The lowest BCUT2D eigenvalue weighted by Gasteiger charge is -2.14. The molecule has 0 radical (unpaired) electrons. The average Bonchev–Trinajstić information content (AvgIpc) is 2.53. The van der Waals surface area contributed by atoms with Crippen molar-refractivity contribution in [2.45, 2.75) is 26.0 Å². The molecule has 5 heteroatoms. The monoisotopic (exact) mass is 185 g/mol. The molecule has 0 spiro atoms. The van der Waals surface area contributed by atoms with E-state index >= 15 is 0 Å². The predicted molar refractivity (Wildman–Crippen MR) is 46.9 cm³/mol. The molecule has 13 heavy (non-hydrogen) atoms. The lowest BCUT2D eigenvalue weighted by Crippen LogP contribution is -2.22. The summed E-state index contributed by atoms with van der Waals surface area (Å²) in [5.41, 5.74) is 0. The highest BCUT2D eigenvalue weighted by Crippen LogP contribution is 1.98. The molecule has 1 unspecified atom stereocenters. The Morgan fingerprint density at radius 3 is 3.00 bits per heavy atom. The summed E-state index contributed by atoms with van der Waals surface area (Å²) in [7, 11) is 1.96. The summed E-state index contributed by atoms with van der Waals surface area (Å²) in [6, 6.07) is 0. The summed E-state index contributed by atoms with van der Waals surface area (Å²) in [4.78, 5) is 5.94. The third-order valence-electron chi connectivity index (χ3n) is 1.75. The minimum absolute atomic E-state index is 0.257. The van der Waals surface area contributed by atoms with Crippen molar-refractivity contribution in [1.29, 1.82) is 0 Å². The number of rotatable bonds is 5. The Kier molecular flexibility index (Phi) is 3.85. The van der Waals surface area contributed by atoms with E-state index in [-0.39, 0.29) is 6.10 Å². The normalized spacial score (nSPS) is 13.5. The maximum atomic E-state index is 9.05. The molecule has 74 valence electrons. The van der Waals surface area contributed by atoms with Gasteiger partial charge in [-0.05, 0) is 20.4 Å². The molecule has 0 aliphatic rings. The molecule has 0 saturated carbocycles. The first-order valence-corrected chi connectivity index (χ1v) is 4.30. The molecule has 1 rings (SSSR count). The third kappa shape index (κ3) is 4.00. The highest BCUT2D eigenvalue weighted by atomic mass is 16.5. The van der Waals surface area contributed by atoms with Crippen LogP contribution >= 0.6 is 0 Å². The summed E-state index contributed by atoms with van der Waals surface area (Å²) >= 11 is 0. The number of aliphatic hydroxyl groups is 1. The molecule has 1 heterocycles. The van der Waals surface area contributed by atoms with Gasteiger partial charge in [0.1, 0.15) is 0 Å². The Hall–Kier alpha value is -0.940. The third-order valence-corrected chi connectivity index (χ3v) is 1.75. The smallest absolute Gasteiger partial charge is 0.213 e. The van der Waals surface area contributed by atoms with Crippen LogP contribution in [0.25, 0.3) is 0 Å². The standard InChI is InChI=1S/C8H15N3O2/c1-7(12)3-4-11(2)5-8-9-6-13-10-8/h6-7,12H,3-5H2,1-2H3. The van der Waals surface area contributed by atoms with Crippen molar-refractivity contribution in [3.8, 4) is 0 Å². The van der Waals surface area contributed by atoms with Crippen LogP contribution in [0.5, 0.6) is 0 Å². The Balaban J connectivity index is 2.22. The largest absolute Gasteiger partial charge is 0.393 e. The second-order valence-corrected chi connectivity index (χ2v) is 3.22. The van der Waals surface area contributed by atoms with Crippen molar-refractivity contribution in [3.05, 3.63) is 12.2 Å². The van der Waals surface area contributed by atoms with E-state index in [1.807, 2.05) is 11.9 Å². The molecule has 0 fully saturated rings. The lowest BCUT2D eigenvalue weighted by molar-refractivity contribution is 0.161. The second-order valence-electron chi connectivity index (χ2n) is 3.22. The van der Waals surface area contributed by atoms with E-state index in [9.17, 15) is 0 Å². The molecule has 1 aromatic heterocycles. The van der Waals surface area contributed by atoms with Gasteiger partial charge in [0.15, 0.2) is 5.82 Å². The second kappa shape index (κ2) is 4.94. The summed E-state index contributed by atoms with van der Waals surface area (Å²) in [5.74, 6) is 0.674. The van der Waals surface area contributed by atoms with Crippen LogP contribution in [0.3, 0.4) is 0 Å². The number of hydrogen-bond acceptors (Lipinski definition) is 5. The van der Waals surface area contributed by atoms with Crippen LogP contribution in [-0.4, -0.2) is 39.8 Å². The Morgan fingerprint density at radius 1 is 1.69 bits per heavy atom. The van der Waals surface area contributed by atoms with Gasteiger partial charge in [-0.15, -0.1) is 0 Å². The Morgan fingerprint density at radius 2 is 2.46 bits per heavy atom. The van der Waals surface area contributed by atoms with Crippen molar-refractivity contribution in [2.24, 2.45) is 0 Å². The van der Waals surface area contributed by atoms with E-state index in [2.05, 4.69) is 14.7 Å². The molecule has 0 amide bonds. The summed E-state index contributed by atoms with van der Waals surface area (Å²) < 4.78 is 4.60. The maximum Gasteiger partial charge on any atom is 0.213 e. The van der Waals surface area contributed by atoms with Gasteiger partial charge in [-0.2, -0.15) is 4.98 Å². The molecule has 1 aromatic rings. The molecule has 0 saturated heterocycles. The van der Waals surface area contributed by atoms with Gasteiger partial charge in [0.05, 0.1) is 12.6 Å². The molecule has 1 N–H and O–H groups in total. The zero-order valence-electron chi connectivity index (χ0n) is 7.97. The van der Waals surface area contributed by atoms with Crippen LogP contribution in [0.2, 0.25) is 0 Å². The van der Waals surface area contributed by atoms with Gasteiger partial charge < -0.3 is 9.63 Å². The van der Waals surface area contributed by atoms with Crippen molar-refractivity contribution < 1.29 is 9.63 Å². The maximum absolute atomic E-state index is 9.05. The van der Waals surface area contributed by atoms with Gasteiger partial charge in [-0.25, -0.2) is 0 Å².